The van der Waals surface area contributed by atoms with Crippen molar-refractivity contribution in [3.63, 3.8) is 0 Å². The van der Waals surface area contributed by atoms with Gasteiger partial charge in [-0.25, -0.2) is 0 Å². The predicted molar refractivity (Wildman–Crippen MR) is 115 cm³/mol. The number of nitrogens with two attached hydrogens (primary N) is 1. The maximum Gasteiger partial charge on any atom is 0.112 e. The van der Waals surface area contributed by atoms with Crippen molar-refractivity contribution in [2.45, 2.75) is 26.4 Å². The van der Waals surface area contributed by atoms with E-state index in [0.29, 0.717) is 12.3 Å². The highest BCUT2D eigenvalue weighted by Gasteiger charge is 2.10. The predicted octanol–water partition coefficient (Wildman–Crippen LogP) is 4.80. The van der Waals surface area contributed by atoms with Crippen LogP contribution in [0.1, 0.15) is 37.5 Å². The summed E-state index contributed by atoms with van der Waals surface area (Å²) >= 11 is 0. The van der Waals surface area contributed by atoms with Crippen molar-refractivity contribution in [1.82, 2.24) is 0 Å². The molecule has 0 fully saturated rings. The minimum absolute atomic E-state index is 0.237. The molecule has 0 atom stereocenters. The molecule has 0 unspecified atom stereocenters. The summed E-state index contributed by atoms with van der Waals surface area (Å²) in [6.07, 6.45) is 3.87. The zero-order valence-corrected chi connectivity index (χ0v) is 16.4. The molecule has 3 N–H and O–H groups in total. The van der Waals surface area contributed by atoms with Gasteiger partial charge in [-0.3, -0.25) is 0 Å². The lowest BCUT2D eigenvalue weighted by Gasteiger charge is -2.21. The first-order chi connectivity index (χ1) is 12.9. The number of ether oxygens (including phenoxy) is 1. The van der Waals surface area contributed by atoms with E-state index in [1.807, 2.05) is 81.5 Å². The fourth-order valence-electron chi connectivity index (χ4n) is 2.33. The van der Waals surface area contributed by atoms with Gasteiger partial charge in [-0.15, -0.1) is 0 Å². The molecule has 2 rings (SSSR count). The molecule has 0 amide bonds. The molecule has 0 saturated heterocycles. The third-order valence-corrected chi connectivity index (χ3v) is 3.52. The third-order valence-electron chi connectivity index (χ3n) is 3.52. The molecular weight excluding hydrogens is 332 g/mol. The lowest BCUT2D eigenvalue weighted by Crippen LogP contribution is -2.17. The van der Waals surface area contributed by atoms with Gasteiger partial charge in [0, 0.05) is 29.9 Å². The van der Waals surface area contributed by atoms with Crippen molar-refractivity contribution in [3.05, 3.63) is 83.6 Å². The van der Waals surface area contributed by atoms with Crippen LogP contribution in [0.5, 0.6) is 0 Å². The van der Waals surface area contributed by atoms with Crippen molar-refractivity contribution in [2.24, 2.45) is 5.73 Å². The van der Waals surface area contributed by atoms with Crippen molar-refractivity contribution >= 4 is 11.8 Å². The second kappa shape index (κ2) is 9.66. The zero-order valence-electron chi connectivity index (χ0n) is 16.4. The second-order valence-corrected chi connectivity index (χ2v) is 7.18. The number of hydrogen-bond acceptors (Lipinski definition) is 3. The van der Waals surface area contributed by atoms with Crippen LogP contribution >= 0.6 is 0 Å². The van der Waals surface area contributed by atoms with E-state index in [0.717, 1.165) is 28.9 Å². The molecule has 0 bridgehead atoms. The van der Waals surface area contributed by atoms with Crippen LogP contribution in [0, 0.1) is 11.8 Å². The Morgan fingerprint density at radius 1 is 1.04 bits per heavy atom. The van der Waals surface area contributed by atoms with E-state index in [-0.39, 0.29) is 5.60 Å². The Kier molecular flexibility index (Phi) is 7.28. The summed E-state index contributed by atoms with van der Waals surface area (Å²) < 4.78 is 5.69. The van der Waals surface area contributed by atoms with Gasteiger partial charge in [-0.2, -0.15) is 0 Å². The second-order valence-electron chi connectivity index (χ2n) is 7.18. The highest BCUT2D eigenvalue weighted by molar-refractivity contribution is 5.55. The first-order valence-corrected chi connectivity index (χ1v) is 9.08. The average molecular weight is 361 g/mol. The number of rotatable bonds is 6. The third kappa shape index (κ3) is 7.85. The van der Waals surface area contributed by atoms with Crippen LogP contribution in [0.4, 0.5) is 5.69 Å². The van der Waals surface area contributed by atoms with Gasteiger partial charge in [0.05, 0.1) is 0 Å². The number of anilines is 1. The van der Waals surface area contributed by atoms with Crippen LogP contribution in [0.3, 0.4) is 0 Å². The highest BCUT2D eigenvalue weighted by Crippen LogP contribution is 2.15. The SMILES string of the molecule is C=C(/C=C/c1ccc(C#Cc2ccc(NCCN)cc2)cc1)OC(C)(C)C. The van der Waals surface area contributed by atoms with E-state index in [1.165, 1.54) is 0 Å². The molecule has 0 aliphatic carbocycles. The van der Waals surface area contributed by atoms with E-state index in [2.05, 4.69) is 23.7 Å². The fraction of sp³-hybridized carbons (Fsp3) is 0.250. The lowest BCUT2D eigenvalue weighted by atomic mass is 10.1. The zero-order chi connectivity index (χ0) is 19.7. The summed E-state index contributed by atoms with van der Waals surface area (Å²) in [6, 6.07) is 16.1. The van der Waals surface area contributed by atoms with E-state index >= 15 is 0 Å². The Labute approximate surface area is 162 Å². The average Bonchev–Trinajstić information content (AvgIpc) is 2.63. The Morgan fingerprint density at radius 3 is 2.11 bits per heavy atom. The van der Waals surface area contributed by atoms with Crippen molar-refractivity contribution in [2.75, 3.05) is 18.4 Å². The molecule has 0 heterocycles. The maximum atomic E-state index is 5.69. The van der Waals surface area contributed by atoms with Crippen LogP contribution in [-0.2, 0) is 4.74 Å². The monoisotopic (exact) mass is 360 g/mol. The Balaban J connectivity index is 1.96. The van der Waals surface area contributed by atoms with Gasteiger partial charge >= 0.3 is 0 Å². The van der Waals surface area contributed by atoms with Crippen LogP contribution < -0.4 is 11.1 Å². The summed E-state index contributed by atoms with van der Waals surface area (Å²) in [5, 5.41) is 3.24. The Hall–Kier alpha value is -2.96. The molecule has 140 valence electrons. The minimum Gasteiger partial charge on any atom is -0.489 e. The van der Waals surface area contributed by atoms with Crippen LogP contribution in [0.25, 0.3) is 6.08 Å². The molecule has 2 aromatic rings. The van der Waals surface area contributed by atoms with Crippen LogP contribution in [0.15, 0.2) is 66.9 Å². The summed E-state index contributed by atoms with van der Waals surface area (Å²) in [4.78, 5) is 0. The van der Waals surface area contributed by atoms with Crippen molar-refractivity contribution in [1.29, 1.82) is 0 Å². The molecule has 0 saturated carbocycles. The first kappa shape index (κ1) is 20.4. The molecular formula is C24H28N2O. The van der Waals surface area contributed by atoms with Gasteiger partial charge in [0.25, 0.3) is 0 Å². The van der Waals surface area contributed by atoms with E-state index in [1.54, 1.807) is 0 Å². The smallest absolute Gasteiger partial charge is 0.112 e. The summed E-state index contributed by atoms with van der Waals surface area (Å²) in [5.74, 6) is 7.02. The fourth-order valence-corrected chi connectivity index (χ4v) is 2.33. The summed E-state index contributed by atoms with van der Waals surface area (Å²) in [6.45, 7) is 11.3. The van der Waals surface area contributed by atoms with Gasteiger partial charge in [-0.05, 0) is 68.8 Å². The summed E-state index contributed by atoms with van der Waals surface area (Å²) in [5.41, 5.74) is 9.34. The van der Waals surface area contributed by atoms with Gasteiger partial charge in [0.1, 0.15) is 11.4 Å². The van der Waals surface area contributed by atoms with E-state index in [4.69, 9.17) is 10.5 Å². The van der Waals surface area contributed by atoms with Gasteiger partial charge in [-0.1, -0.05) is 36.6 Å². The van der Waals surface area contributed by atoms with Crippen LogP contribution in [-0.4, -0.2) is 18.7 Å². The number of nitrogens with one attached hydrogen (secondary N) is 1. The van der Waals surface area contributed by atoms with E-state index in [9.17, 15) is 0 Å². The molecule has 0 aliphatic rings. The first-order valence-electron chi connectivity index (χ1n) is 9.08. The highest BCUT2D eigenvalue weighted by atomic mass is 16.5. The lowest BCUT2D eigenvalue weighted by molar-refractivity contribution is 0.0611. The minimum atomic E-state index is -0.237. The number of benzene rings is 2. The van der Waals surface area contributed by atoms with E-state index < -0.39 is 0 Å². The number of allylic oxidation sites excluding steroid dienone is 1. The number of hydrogen-bond donors (Lipinski definition) is 2. The standard InChI is InChI=1S/C24H28N2O/c1-19(27-24(2,3)4)5-6-20-7-9-21(10-8-20)11-12-22-13-15-23(16-14-22)26-18-17-25/h5-10,13-16,26H,1,17-18,25H2,2-4H3/b6-5+. The molecule has 0 aromatic heterocycles. The van der Waals surface area contributed by atoms with Crippen molar-refractivity contribution < 1.29 is 4.74 Å². The normalized spacial score (nSPS) is 11.0. The summed E-state index contributed by atoms with van der Waals surface area (Å²) in [7, 11) is 0. The van der Waals surface area contributed by atoms with Gasteiger partial charge in [0.2, 0.25) is 0 Å². The van der Waals surface area contributed by atoms with Gasteiger partial charge < -0.3 is 15.8 Å². The molecule has 3 heteroatoms. The maximum absolute atomic E-state index is 5.69. The molecule has 0 spiro atoms. The van der Waals surface area contributed by atoms with Crippen molar-refractivity contribution in [3.8, 4) is 11.8 Å². The molecule has 3 nitrogen and oxygen atoms in total. The topological polar surface area (TPSA) is 47.3 Å². The molecule has 2 aromatic carbocycles. The largest absolute Gasteiger partial charge is 0.489 e. The molecule has 0 radical (unpaired) electrons. The Bertz CT molecular complexity index is 829. The molecule has 27 heavy (non-hydrogen) atoms. The van der Waals surface area contributed by atoms with Gasteiger partial charge in [0.15, 0.2) is 0 Å². The molecule has 0 aliphatic heterocycles. The van der Waals surface area contributed by atoms with Crippen LogP contribution in [0.2, 0.25) is 0 Å². The Morgan fingerprint density at radius 2 is 1.59 bits per heavy atom. The quantitative estimate of drug-likeness (QED) is 0.442.